The van der Waals surface area contributed by atoms with Crippen LogP contribution in [0, 0.1) is 17.8 Å². The molecule has 6 nitrogen and oxygen atoms in total. The van der Waals surface area contributed by atoms with E-state index in [1.54, 1.807) is 0 Å². The summed E-state index contributed by atoms with van der Waals surface area (Å²) in [5, 5.41) is 0. The van der Waals surface area contributed by atoms with Crippen molar-refractivity contribution in [2.75, 3.05) is 33.2 Å². The van der Waals surface area contributed by atoms with Crippen LogP contribution in [-0.2, 0) is 29.0 Å². The van der Waals surface area contributed by atoms with Gasteiger partial charge in [0, 0.05) is 6.61 Å². The third-order valence-corrected chi connectivity index (χ3v) is 14.3. The second kappa shape index (κ2) is 55.7. The average Bonchev–Trinajstić information content (AvgIpc) is 3.31. The smallest absolute Gasteiger partial charge is 0.147 e. The fourth-order valence-corrected chi connectivity index (χ4v) is 9.54. The van der Waals surface area contributed by atoms with Crippen molar-refractivity contribution in [3.05, 3.63) is 0 Å². The first kappa shape index (κ1) is 65.8. The second-order valence-corrected chi connectivity index (χ2v) is 21.5. The van der Waals surface area contributed by atoms with Gasteiger partial charge in [0.2, 0.25) is 0 Å². The molecule has 0 spiro atoms. The molecular formula is C60H122O6. The van der Waals surface area contributed by atoms with Gasteiger partial charge in [-0.25, -0.2) is 19.6 Å². The van der Waals surface area contributed by atoms with Gasteiger partial charge in [0.05, 0.1) is 12.7 Å². The van der Waals surface area contributed by atoms with E-state index in [1.807, 2.05) is 0 Å². The average molecular weight is 940 g/mol. The van der Waals surface area contributed by atoms with Gasteiger partial charge < -0.3 is 9.47 Å². The van der Waals surface area contributed by atoms with E-state index in [2.05, 4.69) is 48.5 Å². The predicted molar refractivity (Wildman–Crippen MR) is 287 cm³/mol. The zero-order valence-corrected chi connectivity index (χ0v) is 46.3. The summed E-state index contributed by atoms with van der Waals surface area (Å²) in [7, 11) is 0. The molecule has 0 rings (SSSR count). The highest BCUT2D eigenvalue weighted by Gasteiger charge is 2.18. The van der Waals surface area contributed by atoms with Crippen molar-refractivity contribution in [2.24, 2.45) is 17.8 Å². The molecule has 0 aliphatic rings. The highest BCUT2D eigenvalue weighted by atomic mass is 17.2. The number of ether oxygens (including phenoxy) is 2. The number of hydrogen-bond donors (Lipinski definition) is 0. The zero-order valence-electron chi connectivity index (χ0n) is 46.3. The lowest BCUT2D eigenvalue weighted by atomic mass is 9.94. The summed E-state index contributed by atoms with van der Waals surface area (Å²) in [5.74, 6) is 2.46. The molecule has 0 bridgehead atoms. The highest BCUT2D eigenvalue weighted by Crippen LogP contribution is 2.23. The van der Waals surface area contributed by atoms with Gasteiger partial charge in [0.1, 0.15) is 26.1 Å². The molecule has 0 amide bonds. The van der Waals surface area contributed by atoms with E-state index in [0.717, 1.165) is 44.1 Å². The Bertz CT molecular complexity index is 872. The van der Waals surface area contributed by atoms with Gasteiger partial charge in [-0.3, -0.25) is 0 Å². The first-order chi connectivity index (χ1) is 32.5. The van der Waals surface area contributed by atoms with Crippen LogP contribution in [0.1, 0.15) is 325 Å². The molecule has 0 saturated carbocycles. The van der Waals surface area contributed by atoms with Crippen molar-refractivity contribution >= 4 is 0 Å². The van der Waals surface area contributed by atoms with Gasteiger partial charge in [0.15, 0.2) is 0 Å². The minimum atomic E-state index is -0.311. The fraction of sp³-hybridized carbons (Fsp3) is 1.00. The van der Waals surface area contributed by atoms with Crippen molar-refractivity contribution in [2.45, 2.75) is 337 Å². The standard InChI is InChI=1S/C60H122O6/c1-8-12-16-20-26-33-41-49-59(52-58(7)48-38-19-15-11-4)66-65-54-60(62-55-61-50-42-34-29-25-23-28-32-40-47-57(6)45-37-18-14-10-3)53-64-63-51-43-35-30-24-21-22-27-31-39-46-56(5)44-36-17-13-9-2/h56-60H,8-55H2,1-7H3/t56?,57?,58?,59?,60-/m0/s1. The van der Waals surface area contributed by atoms with E-state index in [-0.39, 0.29) is 19.0 Å². The van der Waals surface area contributed by atoms with Gasteiger partial charge in [-0.05, 0) is 43.4 Å². The molecule has 398 valence electrons. The van der Waals surface area contributed by atoms with E-state index in [4.69, 9.17) is 29.0 Å². The van der Waals surface area contributed by atoms with Crippen molar-refractivity contribution in [1.82, 2.24) is 0 Å². The summed E-state index contributed by atoms with van der Waals surface area (Å²) in [5.41, 5.74) is 0. The van der Waals surface area contributed by atoms with Gasteiger partial charge >= 0.3 is 0 Å². The summed E-state index contributed by atoms with van der Waals surface area (Å²) in [6.07, 6.45) is 56.9. The SMILES string of the molecule is CCCCCCCCCC(CC(C)CCCCCC)OOC[C@H](COOCCCCCCCCCCCC(C)CCCCCC)OCOCCCCCCCCCCC(C)CCCCCC. The quantitative estimate of drug-likeness (QED) is 0.0262. The molecule has 0 aliphatic heterocycles. The maximum Gasteiger partial charge on any atom is 0.147 e. The van der Waals surface area contributed by atoms with Crippen molar-refractivity contribution in [3.63, 3.8) is 0 Å². The molecule has 0 aliphatic carbocycles. The minimum Gasteiger partial charge on any atom is -0.355 e. The largest absolute Gasteiger partial charge is 0.355 e. The lowest BCUT2D eigenvalue weighted by Crippen LogP contribution is -2.29. The number of hydrogen-bond acceptors (Lipinski definition) is 6. The normalized spacial score (nSPS) is 14.2. The fourth-order valence-electron chi connectivity index (χ4n) is 9.54. The Balaban J connectivity index is 4.56. The van der Waals surface area contributed by atoms with Crippen LogP contribution in [0.4, 0.5) is 0 Å². The van der Waals surface area contributed by atoms with Gasteiger partial charge in [0.25, 0.3) is 0 Å². The first-order valence-electron chi connectivity index (χ1n) is 30.2. The third-order valence-electron chi connectivity index (χ3n) is 14.3. The summed E-state index contributed by atoms with van der Waals surface area (Å²) in [4.78, 5) is 23.5. The van der Waals surface area contributed by atoms with Gasteiger partial charge in [-0.2, -0.15) is 0 Å². The monoisotopic (exact) mass is 939 g/mol. The van der Waals surface area contributed by atoms with Crippen LogP contribution < -0.4 is 0 Å². The Morgan fingerprint density at radius 3 is 1.06 bits per heavy atom. The van der Waals surface area contributed by atoms with Crippen molar-refractivity contribution in [1.29, 1.82) is 0 Å². The molecule has 0 heterocycles. The first-order valence-corrected chi connectivity index (χ1v) is 30.2. The lowest BCUT2D eigenvalue weighted by molar-refractivity contribution is -0.356. The van der Waals surface area contributed by atoms with Crippen molar-refractivity contribution < 1.29 is 29.0 Å². The van der Waals surface area contributed by atoms with Crippen LogP contribution in [0.25, 0.3) is 0 Å². The topological polar surface area (TPSA) is 55.4 Å². The molecule has 0 fully saturated rings. The molecule has 5 atom stereocenters. The molecule has 4 unspecified atom stereocenters. The van der Waals surface area contributed by atoms with Gasteiger partial charge in [-0.1, -0.05) is 299 Å². The molecule has 0 N–H and O–H groups in total. The van der Waals surface area contributed by atoms with E-state index in [1.165, 1.54) is 250 Å². The van der Waals surface area contributed by atoms with Crippen LogP contribution in [0.15, 0.2) is 0 Å². The Labute approximate surface area is 415 Å². The number of unbranched alkanes of at least 4 members (excludes halogenated alkanes) is 30. The highest BCUT2D eigenvalue weighted by molar-refractivity contribution is 4.65. The lowest BCUT2D eigenvalue weighted by Gasteiger charge is -2.22. The van der Waals surface area contributed by atoms with Crippen LogP contribution in [0.2, 0.25) is 0 Å². The van der Waals surface area contributed by atoms with Gasteiger partial charge in [-0.15, -0.1) is 0 Å². The minimum absolute atomic E-state index is 0.114. The van der Waals surface area contributed by atoms with Crippen LogP contribution in [0.5, 0.6) is 0 Å². The van der Waals surface area contributed by atoms with Crippen LogP contribution >= 0.6 is 0 Å². The molecule has 0 saturated heterocycles. The van der Waals surface area contributed by atoms with E-state index in [0.29, 0.717) is 25.7 Å². The molecule has 0 aromatic rings. The molecule has 0 radical (unpaired) electrons. The predicted octanol–water partition coefficient (Wildman–Crippen LogP) is 20.4. The Hall–Kier alpha value is -0.240. The molecular weight excluding hydrogens is 817 g/mol. The number of rotatable bonds is 58. The Kier molecular flexibility index (Phi) is 55.5. The maximum atomic E-state index is 6.19. The zero-order chi connectivity index (χ0) is 48.1. The molecule has 0 aromatic heterocycles. The summed E-state index contributed by atoms with van der Waals surface area (Å²) in [6, 6.07) is 0. The summed E-state index contributed by atoms with van der Waals surface area (Å²) in [6.45, 7) is 18.7. The molecule has 66 heavy (non-hydrogen) atoms. The molecule has 6 heteroatoms. The van der Waals surface area contributed by atoms with Crippen molar-refractivity contribution in [3.8, 4) is 0 Å². The van der Waals surface area contributed by atoms with Crippen LogP contribution in [-0.4, -0.2) is 45.4 Å². The summed E-state index contributed by atoms with van der Waals surface area (Å²) >= 11 is 0. The molecule has 0 aromatic carbocycles. The Morgan fingerprint density at radius 2 is 0.621 bits per heavy atom. The summed E-state index contributed by atoms with van der Waals surface area (Å²) < 4.78 is 12.1. The van der Waals surface area contributed by atoms with E-state index >= 15 is 0 Å². The second-order valence-electron chi connectivity index (χ2n) is 21.5. The maximum absolute atomic E-state index is 6.19. The Morgan fingerprint density at radius 1 is 0.288 bits per heavy atom. The third kappa shape index (κ3) is 51.6. The van der Waals surface area contributed by atoms with E-state index < -0.39 is 0 Å². The van der Waals surface area contributed by atoms with E-state index in [9.17, 15) is 0 Å². The van der Waals surface area contributed by atoms with Crippen LogP contribution in [0.3, 0.4) is 0 Å².